The van der Waals surface area contributed by atoms with Crippen LogP contribution in [-0.4, -0.2) is 39.4 Å². The largest absolute Gasteiger partial charge is 0.356 e. The van der Waals surface area contributed by atoms with Crippen molar-refractivity contribution in [3.8, 4) is 0 Å². The second-order valence-electron chi connectivity index (χ2n) is 9.28. The van der Waals surface area contributed by atoms with Crippen molar-refractivity contribution in [3.05, 3.63) is 52.5 Å². The maximum Gasteiger partial charge on any atom is 0.194 e. The van der Waals surface area contributed by atoms with Crippen LogP contribution in [0.2, 0.25) is 0 Å². The number of halogens is 3. The number of rotatable bonds is 9. The highest BCUT2D eigenvalue weighted by Gasteiger charge is 2.23. The molecule has 6 nitrogen and oxygen atoms in total. The van der Waals surface area contributed by atoms with E-state index in [9.17, 15) is 13.2 Å². The van der Waals surface area contributed by atoms with Crippen molar-refractivity contribution in [2.45, 2.75) is 52.6 Å². The SMILES string of the molecule is CCN(CC1CCCC1)c1nc2c(cc1CN(CN)Cc1cc(F)c(F)c(F)c1)c(C)nn2C. The lowest BCUT2D eigenvalue weighted by molar-refractivity contribution is 0.263. The molecule has 0 atom stereocenters. The molecule has 4 rings (SSSR count). The number of benzene rings is 1. The van der Waals surface area contributed by atoms with E-state index in [2.05, 4.69) is 23.0 Å². The number of pyridine rings is 1. The van der Waals surface area contributed by atoms with Crippen LogP contribution in [0.1, 0.15) is 49.4 Å². The first-order chi connectivity index (χ1) is 16.3. The first kappa shape index (κ1) is 24.5. The highest BCUT2D eigenvalue weighted by atomic mass is 19.2. The van der Waals surface area contributed by atoms with Crippen LogP contribution in [0.5, 0.6) is 0 Å². The van der Waals surface area contributed by atoms with Gasteiger partial charge in [-0.05, 0) is 56.4 Å². The van der Waals surface area contributed by atoms with Crippen molar-refractivity contribution in [3.63, 3.8) is 0 Å². The van der Waals surface area contributed by atoms with Crippen LogP contribution in [0.15, 0.2) is 18.2 Å². The summed E-state index contributed by atoms with van der Waals surface area (Å²) < 4.78 is 42.7. The molecule has 2 aromatic heterocycles. The Kier molecular flexibility index (Phi) is 7.42. The lowest BCUT2D eigenvalue weighted by Crippen LogP contribution is -2.33. The van der Waals surface area contributed by atoms with Gasteiger partial charge in [-0.3, -0.25) is 9.58 Å². The number of nitrogens with two attached hydrogens (primary N) is 1. The molecule has 34 heavy (non-hydrogen) atoms. The molecule has 2 N–H and O–H groups in total. The van der Waals surface area contributed by atoms with Crippen LogP contribution in [0.3, 0.4) is 0 Å². The molecular formula is C25H33F3N6. The molecule has 1 saturated carbocycles. The predicted molar refractivity (Wildman–Crippen MR) is 128 cm³/mol. The number of hydrogen-bond donors (Lipinski definition) is 1. The summed E-state index contributed by atoms with van der Waals surface area (Å²) in [7, 11) is 1.89. The molecule has 0 aliphatic heterocycles. The number of anilines is 1. The summed E-state index contributed by atoms with van der Waals surface area (Å²) >= 11 is 0. The molecule has 0 spiro atoms. The maximum atomic E-state index is 13.8. The molecule has 1 fully saturated rings. The van der Waals surface area contributed by atoms with Crippen molar-refractivity contribution in [2.75, 3.05) is 24.7 Å². The number of nitrogens with zero attached hydrogens (tertiary/aromatic N) is 5. The Balaban J connectivity index is 1.68. The van der Waals surface area contributed by atoms with Crippen LogP contribution in [-0.2, 0) is 20.1 Å². The highest BCUT2D eigenvalue weighted by Crippen LogP contribution is 2.31. The van der Waals surface area contributed by atoms with Gasteiger partial charge in [0.15, 0.2) is 23.1 Å². The van der Waals surface area contributed by atoms with Crippen molar-refractivity contribution >= 4 is 16.9 Å². The van der Waals surface area contributed by atoms with Crippen molar-refractivity contribution in [2.24, 2.45) is 18.7 Å². The molecule has 9 heteroatoms. The lowest BCUT2D eigenvalue weighted by Gasteiger charge is -2.29. The van der Waals surface area contributed by atoms with E-state index in [0.717, 1.165) is 53.3 Å². The van der Waals surface area contributed by atoms with Gasteiger partial charge in [0, 0.05) is 50.8 Å². The fraction of sp³-hybridized carbons (Fsp3) is 0.520. The van der Waals surface area contributed by atoms with Gasteiger partial charge in [-0.1, -0.05) is 12.8 Å². The number of aromatic nitrogens is 3. The normalized spacial score (nSPS) is 14.6. The van der Waals surface area contributed by atoms with E-state index in [-0.39, 0.29) is 13.2 Å². The molecule has 0 unspecified atom stereocenters. The Bertz CT molecular complexity index is 1130. The van der Waals surface area contributed by atoms with E-state index < -0.39 is 17.5 Å². The summed E-state index contributed by atoms with van der Waals surface area (Å²) in [6.07, 6.45) is 5.01. The zero-order chi connectivity index (χ0) is 24.4. The Hall–Kier alpha value is -2.65. The fourth-order valence-corrected chi connectivity index (χ4v) is 5.02. The van der Waals surface area contributed by atoms with Crippen LogP contribution >= 0.6 is 0 Å². The van der Waals surface area contributed by atoms with Crippen LogP contribution in [0.25, 0.3) is 11.0 Å². The van der Waals surface area contributed by atoms with Gasteiger partial charge in [0.05, 0.1) is 5.69 Å². The Morgan fingerprint density at radius 1 is 1.09 bits per heavy atom. The molecule has 2 heterocycles. The third-order valence-electron chi connectivity index (χ3n) is 6.79. The minimum atomic E-state index is -1.46. The average Bonchev–Trinajstić information content (AvgIpc) is 3.42. The second-order valence-corrected chi connectivity index (χ2v) is 9.28. The zero-order valence-electron chi connectivity index (χ0n) is 20.1. The van der Waals surface area contributed by atoms with Crippen molar-refractivity contribution in [1.29, 1.82) is 0 Å². The lowest BCUT2D eigenvalue weighted by atomic mass is 10.1. The van der Waals surface area contributed by atoms with Gasteiger partial charge < -0.3 is 10.6 Å². The Morgan fingerprint density at radius 3 is 2.38 bits per heavy atom. The second kappa shape index (κ2) is 10.3. The van der Waals surface area contributed by atoms with Gasteiger partial charge in [-0.2, -0.15) is 5.10 Å². The smallest absolute Gasteiger partial charge is 0.194 e. The maximum absolute atomic E-state index is 13.8. The van der Waals surface area contributed by atoms with E-state index in [1.54, 1.807) is 4.68 Å². The number of hydrogen-bond acceptors (Lipinski definition) is 5. The highest BCUT2D eigenvalue weighted by molar-refractivity contribution is 5.81. The van der Waals surface area contributed by atoms with Crippen molar-refractivity contribution in [1.82, 2.24) is 19.7 Å². The summed E-state index contributed by atoms with van der Waals surface area (Å²) in [5.41, 5.74) is 9.05. The summed E-state index contributed by atoms with van der Waals surface area (Å²) in [4.78, 5) is 9.22. The Morgan fingerprint density at radius 2 is 1.76 bits per heavy atom. The zero-order valence-corrected chi connectivity index (χ0v) is 20.1. The quantitative estimate of drug-likeness (QED) is 0.362. The monoisotopic (exact) mass is 474 g/mol. The van der Waals surface area contributed by atoms with Gasteiger partial charge in [0.2, 0.25) is 0 Å². The van der Waals surface area contributed by atoms with Crippen molar-refractivity contribution < 1.29 is 13.2 Å². The van der Waals surface area contributed by atoms with Gasteiger partial charge in [-0.15, -0.1) is 0 Å². The van der Waals surface area contributed by atoms with E-state index in [1.807, 2.05) is 18.9 Å². The molecule has 1 aromatic carbocycles. The van der Waals surface area contributed by atoms with Crippen LogP contribution < -0.4 is 10.6 Å². The average molecular weight is 475 g/mol. The van der Waals surface area contributed by atoms with Crippen LogP contribution in [0, 0.1) is 30.3 Å². The topological polar surface area (TPSA) is 63.2 Å². The molecule has 0 bridgehead atoms. The van der Waals surface area contributed by atoms with Gasteiger partial charge >= 0.3 is 0 Å². The van der Waals surface area contributed by atoms with E-state index in [0.29, 0.717) is 18.0 Å². The van der Waals surface area contributed by atoms with Gasteiger partial charge in [0.1, 0.15) is 5.82 Å². The Labute approximate surface area is 198 Å². The summed E-state index contributed by atoms with van der Waals surface area (Å²) in [6, 6.07) is 4.14. The number of aryl methyl sites for hydroxylation is 2. The van der Waals surface area contributed by atoms with Gasteiger partial charge in [0.25, 0.3) is 0 Å². The minimum absolute atomic E-state index is 0.166. The predicted octanol–water partition coefficient (Wildman–Crippen LogP) is 4.63. The van der Waals surface area contributed by atoms with Gasteiger partial charge in [-0.25, -0.2) is 18.2 Å². The molecule has 184 valence electrons. The molecule has 0 radical (unpaired) electrons. The third-order valence-corrected chi connectivity index (χ3v) is 6.79. The molecule has 1 aliphatic carbocycles. The summed E-state index contributed by atoms with van der Waals surface area (Å²) in [6.45, 7) is 6.62. The first-order valence-corrected chi connectivity index (χ1v) is 11.9. The molecule has 3 aromatic rings. The third kappa shape index (κ3) is 5.05. The summed E-state index contributed by atoms with van der Waals surface area (Å²) in [5, 5.41) is 5.50. The molecule has 0 saturated heterocycles. The molecule has 1 aliphatic rings. The van der Waals surface area contributed by atoms with Crippen LogP contribution in [0.4, 0.5) is 19.0 Å². The fourth-order valence-electron chi connectivity index (χ4n) is 5.02. The minimum Gasteiger partial charge on any atom is -0.356 e. The molecular weight excluding hydrogens is 441 g/mol. The first-order valence-electron chi connectivity index (χ1n) is 11.9. The standard InChI is InChI=1S/C25H33F3N6/c1-4-34(13-17-7-5-6-8-17)24-19(11-20-16(2)31-32(3)25(20)30-24)14-33(15-29)12-18-9-21(26)23(28)22(27)10-18/h9-11,17H,4-8,12-15,29H2,1-3H3. The summed E-state index contributed by atoms with van der Waals surface area (Å²) in [5.74, 6) is -2.32. The molecule has 0 amide bonds. The van der Waals surface area contributed by atoms with E-state index in [1.165, 1.54) is 25.7 Å². The van der Waals surface area contributed by atoms with E-state index in [4.69, 9.17) is 10.7 Å². The number of fused-ring (bicyclic) bond motifs is 1. The van der Waals surface area contributed by atoms with E-state index >= 15 is 0 Å².